The van der Waals surface area contributed by atoms with Crippen LogP contribution in [-0.2, 0) is 27.2 Å². The third kappa shape index (κ3) is 3.88. The van der Waals surface area contributed by atoms with Gasteiger partial charge in [-0.3, -0.25) is 4.79 Å². The molecule has 0 unspecified atom stereocenters. The third-order valence-electron chi connectivity index (χ3n) is 5.02. The van der Waals surface area contributed by atoms with E-state index in [1.807, 2.05) is 0 Å². The van der Waals surface area contributed by atoms with Gasteiger partial charge in [0.2, 0.25) is 5.91 Å². The molecule has 0 saturated heterocycles. The monoisotopic (exact) mass is 421 g/mol. The van der Waals surface area contributed by atoms with Gasteiger partial charge >= 0.3 is 5.97 Å². The number of phenolic OH excluding ortho intramolecular Hbond substituents is 4. The molecular formula is C20H20ClNO7. The highest BCUT2D eigenvalue weighted by atomic mass is 35.5. The van der Waals surface area contributed by atoms with Crippen LogP contribution in [0.1, 0.15) is 22.7 Å². The number of nitrogens with zero attached hydrogens (tertiary/aromatic N) is 1. The molecule has 9 heteroatoms. The Hall–Kier alpha value is -3.13. The van der Waals surface area contributed by atoms with E-state index in [1.165, 1.54) is 36.3 Å². The fraction of sp³-hybridized carbons (Fsp3) is 0.300. The van der Waals surface area contributed by atoms with Crippen LogP contribution >= 0.6 is 11.6 Å². The lowest BCUT2D eigenvalue weighted by molar-refractivity contribution is -0.155. The summed E-state index contributed by atoms with van der Waals surface area (Å²) in [6.07, 6.45) is 0.233. The van der Waals surface area contributed by atoms with E-state index in [-0.39, 0.29) is 41.7 Å². The standard InChI is InChI=1S/C20H20ClNO7/c1-29-20(28)14-6-11-7-17(25)18(26)8-12(11)13(22(14)19(27)9-21)4-10-2-3-15(23)16(24)5-10/h2-3,5,7-8,13-14,23-26H,4,6,9H2,1H3/t13-,14-/m0/s1. The molecule has 0 saturated carbocycles. The van der Waals surface area contributed by atoms with Gasteiger partial charge in [-0.25, -0.2) is 4.79 Å². The fourth-order valence-corrected chi connectivity index (χ4v) is 3.81. The Bertz CT molecular complexity index is 962. The number of carbonyl (C=O) groups is 2. The summed E-state index contributed by atoms with van der Waals surface area (Å²) >= 11 is 5.79. The summed E-state index contributed by atoms with van der Waals surface area (Å²) in [5.41, 5.74) is 1.68. The largest absolute Gasteiger partial charge is 0.504 e. The number of esters is 1. The van der Waals surface area contributed by atoms with Crippen molar-refractivity contribution in [2.24, 2.45) is 0 Å². The van der Waals surface area contributed by atoms with Gasteiger partial charge < -0.3 is 30.1 Å². The number of ether oxygens (including phenoxy) is 1. The zero-order chi connectivity index (χ0) is 21.3. The second kappa shape index (κ2) is 8.08. The Kier molecular flexibility index (Phi) is 5.74. The number of rotatable bonds is 4. The van der Waals surface area contributed by atoms with Crippen LogP contribution in [0.3, 0.4) is 0 Å². The van der Waals surface area contributed by atoms with Gasteiger partial charge in [-0.05, 0) is 47.4 Å². The van der Waals surface area contributed by atoms with Crippen molar-refractivity contribution >= 4 is 23.5 Å². The number of fused-ring (bicyclic) bond motifs is 1. The predicted molar refractivity (Wildman–Crippen MR) is 103 cm³/mol. The Morgan fingerprint density at radius 3 is 2.34 bits per heavy atom. The number of phenols is 4. The predicted octanol–water partition coefficient (Wildman–Crippen LogP) is 1.96. The summed E-state index contributed by atoms with van der Waals surface area (Å²) in [4.78, 5) is 26.4. The normalized spacial score (nSPS) is 18.2. The molecule has 8 nitrogen and oxygen atoms in total. The van der Waals surface area contributed by atoms with Gasteiger partial charge in [0, 0.05) is 6.42 Å². The van der Waals surface area contributed by atoms with E-state index in [0.717, 1.165) is 0 Å². The zero-order valence-corrected chi connectivity index (χ0v) is 16.3. The molecule has 0 radical (unpaired) electrons. The summed E-state index contributed by atoms with van der Waals surface area (Å²) < 4.78 is 4.86. The SMILES string of the molecule is COC(=O)[C@@H]1Cc2cc(O)c(O)cc2[C@H](Cc2ccc(O)c(O)c2)N1C(=O)CCl. The number of hydrogen-bond acceptors (Lipinski definition) is 7. The summed E-state index contributed by atoms with van der Waals surface area (Å²) in [6, 6.07) is 5.22. The van der Waals surface area contributed by atoms with Crippen LogP contribution in [0.2, 0.25) is 0 Å². The van der Waals surface area contributed by atoms with Crippen molar-refractivity contribution in [3.8, 4) is 23.0 Å². The molecule has 3 rings (SSSR count). The quantitative estimate of drug-likeness (QED) is 0.337. The van der Waals surface area contributed by atoms with Crippen LogP contribution in [-0.4, -0.2) is 56.2 Å². The minimum atomic E-state index is -0.974. The Morgan fingerprint density at radius 2 is 1.72 bits per heavy atom. The summed E-state index contributed by atoms with van der Waals surface area (Å²) in [6.45, 7) is 0. The molecule has 1 aliphatic heterocycles. The van der Waals surface area contributed by atoms with E-state index < -0.39 is 24.0 Å². The molecule has 2 atom stereocenters. The molecule has 1 amide bonds. The molecule has 0 aliphatic carbocycles. The highest BCUT2D eigenvalue weighted by molar-refractivity contribution is 6.27. The van der Waals surface area contributed by atoms with Crippen LogP contribution in [0.15, 0.2) is 30.3 Å². The number of aromatic hydroxyl groups is 4. The molecule has 2 aromatic rings. The number of benzene rings is 2. The average molecular weight is 422 g/mol. The van der Waals surface area contributed by atoms with Gasteiger partial charge in [0.15, 0.2) is 23.0 Å². The highest BCUT2D eigenvalue weighted by Crippen LogP contribution is 2.41. The van der Waals surface area contributed by atoms with Crippen molar-refractivity contribution in [2.75, 3.05) is 13.0 Å². The smallest absolute Gasteiger partial charge is 0.328 e. The van der Waals surface area contributed by atoms with Gasteiger partial charge in [-0.1, -0.05) is 6.07 Å². The van der Waals surface area contributed by atoms with Gasteiger partial charge in [0.1, 0.15) is 11.9 Å². The molecule has 0 bridgehead atoms. The van der Waals surface area contributed by atoms with Gasteiger partial charge in [0.25, 0.3) is 0 Å². The Labute approximate surface area is 171 Å². The zero-order valence-electron chi connectivity index (χ0n) is 15.5. The van der Waals surface area contributed by atoms with Crippen molar-refractivity contribution in [3.63, 3.8) is 0 Å². The van der Waals surface area contributed by atoms with Crippen LogP contribution in [0.25, 0.3) is 0 Å². The minimum Gasteiger partial charge on any atom is -0.504 e. The molecule has 154 valence electrons. The second-order valence-electron chi connectivity index (χ2n) is 6.76. The molecule has 4 N–H and O–H groups in total. The first kappa shape index (κ1) is 20.6. The topological polar surface area (TPSA) is 128 Å². The van der Waals surface area contributed by atoms with E-state index in [4.69, 9.17) is 16.3 Å². The number of methoxy groups -OCH3 is 1. The van der Waals surface area contributed by atoms with Crippen molar-refractivity contribution < 1.29 is 34.8 Å². The molecule has 1 heterocycles. The number of alkyl halides is 1. The van der Waals surface area contributed by atoms with E-state index in [9.17, 15) is 30.0 Å². The van der Waals surface area contributed by atoms with Crippen LogP contribution in [0.5, 0.6) is 23.0 Å². The first-order valence-corrected chi connectivity index (χ1v) is 9.30. The number of hydrogen-bond donors (Lipinski definition) is 4. The van der Waals surface area contributed by atoms with E-state index in [2.05, 4.69) is 0 Å². The van der Waals surface area contributed by atoms with Crippen LogP contribution < -0.4 is 0 Å². The lowest BCUT2D eigenvalue weighted by atomic mass is 9.84. The average Bonchev–Trinajstić information content (AvgIpc) is 2.70. The number of amides is 1. The molecule has 29 heavy (non-hydrogen) atoms. The molecule has 0 spiro atoms. The lowest BCUT2D eigenvalue weighted by Crippen LogP contribution is -2.52. The fourth-order valence-electron chi connectivity index (χ4n) is 3.67. The molecule has 0 fully saturated rings. The molecule has 1 aliphatic rings. The summed E-state index contributed by atoms with van der Waals surface area (Å²) in [5, 5.41) is 39.2. The Balaban J connectivity index is 2.15. The first-order chi connectivity index (χ1) is 13.8. The van der Waals surface area contributed by atoms with E-state index >= 15 is 0 Å². The van der Waals surface area contributed by atoms with Gasteiger partial charge in [0.05, 0.1) is 13.2 Å². The number of carbonyl (C=O) groups excluding carboxylic acids is 2. The van der Waals surface area contributed by atoms with Crippen molar-refractivity contribution in [2.45, 2.75) is 24.9 Å². The third-order valence-corrected chi connectivity index (χ3v) is 5.25. The van der Waals surface area contributed by atoms with Gasteiger partial charge in [-0.15, -0.1) is 11.6 Å². The number of halogens is 1. The summed E-state index contributed by atoms with van der Waals surface area (Å²) in [5.74, 6) is -2.84. The minimum absolute atomic E-state index is 0.0792. The highest BCUT2D eigenvalue weighted by Gasteiger charge is 2.41. The maximum atomic E-state index is 12.7. The van der Waals surface area contributed by atoms with Crippen LogP contribution in [0, 0.1) is 0 Å². The Morgan fingerprint density at radius 1 is 1.07 bits per heavy atom. The molecule has 2 aromatic carbocycles. The van der Waals surface area contributed by atoms with E-state index in [0.29, 0.717) is 16.7 Å². The lowest BCUT2D eigenvalue weighted by Gasteiger charge is -2.42. The maximum Gasteiger partial charge on any atom is 0.328 e. The van der Waals surface area contributed by atoms with Crippen molar-refractivity contribution in [1.29, 1.82) is 0 Å². The maximum absolute atomic E-state index is 12.7. The van der Waals surface area contributed by atoms with Gasteiger partial charge in [-0.2, -0.15) is 0 Å². The second-order valence-corrected chi connectivity index (χ2v) is 7.03. The van der Waals surface area contributed by atoms with Crippen LogP contribution in [0.4, 0.5) is 0 Å². The molecule has 0 aromatic heterocycles. The first-order valence-electron chi connectivity index (χ1n) is 8.77. The summed E-state index contributed by atoms with van der Waals surface area (Å²) in [7, 11) is 1.21. The van der Waals surface area contributed by atoms with Crippen molar-refractivity contribution in [3.05, 3.63) is 47.0 Å². The molecular weight excluding hydrogens is 402 g/mol. The van der Waals surface area contributed by atoms with Crippen molar-refractivity contribution in [1.82, 2.24) is 4.90 Å². The van der Waals surface area contributed by atoms with E-state index in [1.54, 1.807) is 6.07 Å².